The molecule has 0 atom stereocenters. The summed E-state index contributed by atoms with van der Waals surface area (Å²) in [5.41, 5.74) is -2.03. The van der Waals surface area contributed by atoms with Crippen molar-refractivity contribution in [2.75, 3.05) is 5.32 Å². The Bertz CT molecular complexity index is 674. The maximum absolute atomic E-state index is 13.5. The summed E-state index contributed by atoms with van der Waals surface area (Å²) >= 11 is 0. The van der Waals surface area contributed by atoms with E-state index in [1.807, 2.05) is 27.7 Å². The fraction of sp³-hybridized carbons (Fsp3) is 0.647. The van der Waals surface area contributed by atoms with E-state index < -0.39 is 42.0 Å². The number of carbonyl (C=O) groups excluding carboxylic acids is 1. The van der Waals surface area contributed by atoms with Crippen LogP contribution in [0.15, 0.2) is 12.3 Å². The van der Waals surface area contributed by atoms with Crippen LogP contribution in [0.3, 0.4) is 0 Å². The maximum Gasteiger partial charge on any atom is 0.496 e. The molecule has 0 bridgehead atoms. The van der Waals surface area contributed by atoms with Crippen molar-refractivity contribution in [2.45, 2.75) is 71.7 Å². The number of pyridine rings is 1. The molecule has 1 fully saturated rings. The van der Waals surface area contributed by atoms with E-state index in [-0.39, 0.29) is 5.82 Å². The Kier molecular flexibility index (Phi) is 5.36. The van der Waals surface area contributed by atoms with Gasteiger partial charge in [-0.3, -0.25) is 5.32 Å². The predicted octanol–water partition coefficient (Wildman–Crippen LogP) is 3.67. The summed E-state index contributed by atoms with van der Waals surface area (Å²) in [5, 5.41) is 2.26. The number of rotatable bonds is 3. The van der Waals surface area contributed by atoms with E-state index >= 15 is 0 Å². The number of alkyl halides is 2. The Morgan fingerprint density at radius 3 is 2.23 bits per heavy atom. The zero-order valence-corrected chi connectivity index (χ0v) is 16.1. The molecular weight excluding hydrogens is 345 g/mol. The van der Waals surface area contributed by atoms with Crippen molar-refractivity contribution in [1.29, 1.82) is 0 Å². The van der Waals surface area contributed by atoms with E-state index in [2.05, 4.69) is 10.3 Å². The number of amides is 1. The third kappa shape index (κ3) is 4.51. The zero-order valence-electron chi connectivity index (χ0n) is 16.1. The van der Waals surface area contributed by atoms with Gasteiger partial charge in [0.25, 0.3) is 6.43 Å². The molecule has 0 aromatic carbocycles. The molecule has 1 saturated heterocycles. The molecule has 1 aromatic rings. The average Bonchev–Trinajstić information content (AvgIpc) is 2.65. The van der Waals surface area contributed by atoms with Crippen molar-refractivity contribution in [1.82, 2.24) is 4.98 Å². The minimum absolute atomic E-state index is 0.255. The van der Waals surface area contributed by atoms with Crippen LogP contribution in [0.5, 0.6) is 0 Å². The first kappa shape index (κ1) is 20.6. The lowest BCUT2D eigenvalue weighted by atomic mass is 9.79. The lowest BCUT2D eigenvalue weighted by Crippen LogP contribution is -2.41. The first-order valence-corrected chi connectivity index (χ1v) is 8.35. The van der Waals surface area contributed by atoms with E-state index in [1.165, 1.54) is 12.3 Å². The highest BCUT2D eigenvalue weighted by molar-refractivity contribution is 6.62. The molecule has 1 aliphatic heterocycles. The molecule has 1 N–H and O–H groups in total. The van der Waals surface area contributed by atoms with E-state index in [0.717, 1.165) is 0 Å². The Balaban J connectivity index is 2.26. The van der Waals surface area contributed by atoms with E-state index in [9.17, 15) is 13.6 Å². The summed E-state index contributed by atoms with van der Waals surface area (Å²) in [4.78, 5) is 15.8. The lowest BCUT2D eigenvalue weighted by Gasteiger charge is -2.32. The molecule has 1 aliphatic rings. The second kappa shape index (κ2) is 6.77. The van der Waals surface area contributed by atoms with Crippen LogP contribution in [-0.2, 0) is 14.0 Å². The smallest absolute Gasteiger partial charge is 0.444 e. The van der Waals surface area contributed by atoms with Gasteiger partial charge in [-0.05, 0) is 54.5 Å². The van der Waals surface area contributed by atoms with Gasteiger partial charge in [0, 0.05) is 11.7 Å². The molecule has 2 heterocycles. The fourth-order valence-electron chi connectivity index (χ4n) is 2.28. The second-order valence-corrected chi connectivity index (χ2v) is 8.22. The van der Waals surface area contributed by atoms with Crippen molar-refractivity contribution in [3.63, 3.8) is 0 Å². The normalized spacial score (nSPS) is 18.9. The standard InChI is InChI=1S/C17H25BF2N2O4/c1-15(2,3)24-14(23)22-13-11(12(19)20)8-10(9-21-13)18-25-16(4,5)17(6,7)26-18/h8-9,12H,1-7H3,(H,21,22,23). The van der Waals surface area contributed by atoms with Gasteiger partial charge in [-0.25, -0.2) is 18.6 Å². The highest BCUT2D eigenvalue weighted by atomic mass is 19.3. The van der Waals surface area contributed by atoms with Crippen molar-refractivity contribution in [3.05, 3.63) is 17.8 Å². The molecule has 0 spiro atoms. The Morgan fingerprint density at radius 2 is 1.77 bits per heavy atom. The largest absolute Gasteiger partial charge is 0.496 e. The number of carbonyl (C=O) groups is 1. The summed E-state index contributed by atoms with van der Waals surface area (Å²) < 4.78 is 43.7. The molecule has 0 unspecified atom stereocenters. The van der Waals surface area contributed by atoms with Gasteiger partial charge in [-0.15, -0.1) is 0 Å². The first-order chi connectivity index (χ1) is 11.7. The number of ether oxygens (including phenoxy) is 1. The molecule has 1 amide bonds. The minimum atomic E-state index is -2.84. The number of nitrogens with zero attached hydrogens (tertiary/aromatic N) is 1. The summed E-state index contributed by atoms with van der Waals surface area (Å²) in [6, 6.07) is 1.23. The van der Waals surface area contributed by atoms with Crippen LogP contribution in [0.2, 0.25) is 0 Å². The number of nitrogens with one attached hydrogen (secondary N) is 1. The summed E-state index contributed by atoms with van der Waals surface area (Å²) in [6.45, 7) is 12.5. The molecule has 2 rings (SSSR count). The molecule has 26 heavy (non-hydrogen) atoms. The van der Waals surface area contributed by atoms with Gasteiger partial charge in [0.2, 0.25) is 0 Å². The van der Waals surface area contributed by atoms with Crippen LogP contribution >= 0.6 is 0 Å². The number of hydrogen-bond donors (Lipinski definition) is 1. The third-order valence-electron chi connectivity index (χ3n) is 4.32. The maximum atomic E-state index is 13.5. The van der Waals surface area contributed by atoms with Crippen molar-refractivity contribution < 1.29 is 27.6 Å². The Morgan fingerprint density at radius 1 is 1.23 bits per heavy atom. The van der Waals surface area contributed by atoms with Gasteiger partial charge >= 0.3 is 13.2 Å². The monoisotopic (exact) mass is 370 g/mol. The molecule has 144 valence electrons. The molecule has 1 aromatic heterocycles. The lowest BCUT2D eigenvalue weighted by molar-refractivity contribution is 0.00578. The average molecular weight is 370 g/mol. The van der Waals surface area contributed by atoms with Gasteiger partial charge in [-0.1, -0.05) is 0 Å². The minimum Gasteiger partial charge on any atom is -0.444 e. The summed E-state index contributed by atoms with van der Waals surface area (Å²) in [7, 11) is -0.819. The van der Waals surface area contributed by atoms with Crippen LogP contribution in [0.25, 0.3) is 0 Å². The van der Waals surface area contributed by atoms with Crippen LogP contribution in [0, 0.1) is 0 Å². The van der Waals surface area contributed by atoms with Crippen LogP contribution in [0.1, 0.15) is 60.5 Å². The zero-order chi connectivity index (χ0) is 19.9. The number of halogens is 2. The highest BCUT2D eigenvalue weighted by Gasteiger charge is 2.52. The Labute approximate surface area is 152 Å². The topological polar surface area (TPSA) is 69.7 Å². The van der Waals surface area contributed by atoms with Gasteiger partial charge in [-0.2, -0.15) is 0 Å². The SMILES string of the molecule is CC(C)(C)OC(=O)Nc1ncc(B2OC(C)(C)C(C)(C)O2)cc1C(F)F. The first-order valence-electron chi connectivity index (χ1n) is 8.35. The van der Waals surface area contributed by atoms with Crippen molar-refractivity contribution in [3.8, 4) is 0 Å². The quantitative estimate of drug-likeness (QED) is 0.823. The molecular formula is C17H25BF2N2O4. The molecule has 9 heteroatoms. The highest BCUT2D eigenvalue weighted by Crippen LogP contribution is 2.37. The molecule has 0 aliphatic carbocycles. The van der Waals surface area contributed by atoms with Crippen LogP contribution < -0.4 is 10.8 Å². The van der Waals surface area contributed by atoms with Gasteiger partial charge < -0.3 is 14.0 Å². The molecule has 0 saturated carbocycles. The van der Waals surface area contributed by atoms with Crippen LogP contribution in [-0.4, -0.2) is 35.0 Å². The number of anilines is 1. The predicted molar refractivity (Wildman–Crippen MR) is 94.8 cm³/mol. The van der Waals surface area contributed by atoms with Crippen molar-refractivity contribution in [2.24, 2.45) is 0 Å². The van der Waals surface area contributed by atoms with Gasteiger partial charge in [0.1, 0.15) is 11.4 Å². The van der Waals surface area contributed by atoms with Crippen LogP contribution in [0.4, 0.5) is 19.4 Å². The molecule has 6 nitrogen and oxygen atoms in total. The summed E-state index contributed by atoms with van der Waals surface area (Å²) in [6.07, 6.45) is -2.34. The second-order valence-electron chi connectivity index (χ2n) is 8.22. The van der Waals surface area contributed by atoms with Crippen molar-refractivity contribution >= 4 is 24.5 Å². The fourth-order valence-corrected chi connectivity index (χ4v) is 2.28. The van der Waals surface area contributed by atoms with Gasteiger partial charge in [0.15, 0.2) is 0 Å². The molecule has 0 radical (unpaired) electrons. The van der Waals surface area contributed by atoms with Gasteiger partial charge in [0.05, 0.1) is 16.8 Å². The third-order valence-corrected chi connectivity index (χ3v) is 4.32. The number of aromatic nitrogens is 1. The van der Waals surface area contributed by atoms with E-state index in [0.29, 0.717) is 5.46 Å². The number of hydrogen-bond acceptors (Lipinski definition) is 5. The van der Waals surface area contributed by atoms with E-state index in [1.54, 1.807) is 20.8 Å². The Hall–Kier alpha value is -1.74. The summed E-state index contributed by atoms with van der Waals surface area (Å²) in [5.74, 6) is -0.255. The van der Waals surface area contributed by atoms with E-state index in [4.69, 9.17) is 14.0 Å².